The summed E-state index contributed by atoms with van der Waals surface area (Å²) in [4.78, 5) is 31.2. The van der Waals surface area contributed by atoms with Gasteiger partial charge in [0.1, 0.15) is 11.6 Å². The third-order valence-electron chi connectivity index (χ3n) is 2.49. The van der Waals surface area contributed by atoms with E-state index in [1.165, 1.54) is 18.5 Å². The van der Waals surface area contributed by atoms with E-state index in [9.17, 15) is 14.0 Å². The van der Waals surface area contributed by atoms with Crippen molar-refractivity contribution in [2.24, 2.45) is 4.99 Å². The minimum Gasteiger partial charge on any atom is -0.369 e. The molecule has 1 N–H and O–H groups in total. The fourth-order valence-corrected chi connectivity index (χ4v) is 2.10. The molecule has 8 heteroatoms. The number of aromatic amines is 1. The van der Waals surface area contributed by atoms with E-state index in [0.29, 0.717) is 3.57 Å². The lowest BCUT2D eigenvalue weighted by molar-refractivity contribution is 0.613. The maximum Gasteiger partial charge on any atom is 0.334 e. The Morgan fingerprint density at radius 2 is 2.05 bits per heavy atom. The van der Waals surface area contributed by atoms with E-state index < -0.39 is 17.1 Å². The molecule has 6 nitrogen and oxygen atoms in total. The van der Waals surface area contributed by atoms with Crippen molar-refractivity contribution in [2.45, 2.75) is 0 Å². The van der Waals surface area contributed by atoms with E-state index in [2.05, 4.69) is 9.98 Å². The summed E-state index contributed by atoms with van der Waals surface area (Å²) < 4.78 is 15.8. The normalized spacial score (nSPS) is 11.0. The minimum absolute atomic E-state index is 0.0302. The van der Waals surface area contributed by atoms with Crippen LogP contribution in [0.2, 0.25) is 0 Å². The smallest absolute Gasteiger partial charge is 0.334 e. The first-order valence-electron chi connectivity index (χ1n) is 5.91. The van der Waals surface area contributed by atoms with Gasteiger partial charge in [-0.05, 0) is 40.8 Å². The number of halogens is 2. The van der Waals surface area contributed by atoms with Crippen LogP contribution in [-0.2, 0) is 0 Å². The topological polar surface area (TPSA) is 70.5 Å². The molecule has 0 bridgehead atoms. The van der Waals surface area contributed by atoms with Crippen LogP contribution in [0.5, 0.6) is 0 Å². The largest absolute Gasteiger partial charge is 0.369 e. The van der Waals surface area contributed by atoms with E-state index in [4.69, 9.17) is 0 Å². The fourth-order valence-electron chi connectivity index (χ4n) is 1.65. The zero-order chi connectivity index (χ0) is 15.6. The van der Waals surface area contributed by atoms with Crippen molar-refractivity contribution in [3.63, 3.8) is 0 Å². The first-order valence-corrected chi connectivity index (χ1v) is 6.99. The van der Waals surface area contributed by atoms with Crippen LogP contribution in [0.1, 0.15) is 0 Å². The molecule has 0 aliphatic rings. The standard InChI is InChI=1S/C13H12FIN4O2/c1-18(2)7-16-11-6-12(20)17-13(21)19(11)10-4-3-8(15)5-9(10)14/h3-7H,1-2H3,(H,17,20,21)/b16-7-. The average Bonchev–Trinajstić information content (AvgIpc) is 2.37. The number of aliphatic imine (C=N–C) groups is 1. The van der Waals surface area contributed by atoms with Crippen molar-refractivity contribution >= 4 is 34.7 Å². The molecule has 0 atom stereocenters. The highest BCUT2D eigenvalue weighted by Crippen LogP contribution is 2.19. The van der Waals surface area contributed by atoms with E-state index in [0.717, 1.165) is 10.6 Å². The van der Waals surface area contributed by atoms with E-state index in [1.807, 2.05) is 22.6 Å². The van der Waals surface area contributed by atoms with Gasteiger partial charge in [0.05, 0.1) is 12.0 Å². The molecule has 0 saturated heterocycles. The van der Waals surface area contributed by atoms with Crippen LogP contribution in [-0.4, -0.2) is 34.9 Å². The maximum atomic E-state index is 14.1. The van der Waals surface area contributed by atoms with Gasteiger partial charge in [0.25, 0.3) is 5.56 Å². The molecule has 2 rings (SSSR count). The number of nitrogens with one attached hydrogen (secondary N) is 1. The lowest BCUT2D eigenvalue weighted by Gasteiger charge is -2.10. The van der Waals surface area contributed by atoms with Gasteiger partial charge in [0.15, 0.2) is 0 Å². The second kappa shape index (κ2) is 6.20. The first kappa shape index (κ1) is 15.4. The molecule has 110 valence electrons. The third-order valence-corrected chi connectivity index (χ3v) is 3.17. The number of hydrogen-bond donors (Lipinski definition) is 1. The minimum atomic E-state index is -0.742. The van der Waals surface area contributed by atoms with Crippen LogP contribution in [0.3, 0.4) is 0 Å². The number of aromatic nitrogens is 2. The Hall–Kier alpha value is -1.97. The molecule has 0 radical (unpaired) electrons. The van der Waals surface area contributed by atoms with Crippen LogP contribution in [0.15, 0.2) is 38.8 Å². The zero-order valence-electron chi connectivity index (χ0n) is 11.3. The quantitative estimate of drug-likeness (QED) is 0.481. The maximum absolute atomic E-state index is 14.1. The molecular weight excluding hydrogens is 390 g/mol. The first-order chi connectivity index (χ1) is 9.88. The Labute approximate surface area is 133 Å². The van der Waals surface area contributed by atoms with Crippen molar-refractivity contribution in [3.8, 4) is 5.69 Å². The molecule has 0 amide bonds. The van der Waals surface area contributed by atoms with Gasteiger partial charge in [-0.15, -0.1) is 0 Å². The number of hydrogen-bond acceptors (Lipinski definition) is 3. The predicted octanol–water partition coefficient (Wildman–Crippen LogP) is 1.49. The lowest BCUT2D eigenvalue weighted by Crippen LogP contribution is -2.28. The highest BCUT2D eigenvalue weighted by atomic mass is 127. The predicted molar refractivity (Wildman–Crippen MR) is 87.2 cm³/mol. The second-order valence-corrected chi connectivity index (χ2v) is 5.68. The summed E-state index contributed by atoms with van der Waals surface area (Å²) >= 11 is 1.97. The van der Waals surface area contributed by atoms with Crippen LogP contribution < -0.4 is 11.2 Å². The number of H-pyrrole nitrogens is 1. The summed E-state index contributed by atoms with van der Waals surface area (Å²) in [7, 11) is 3.48. The van der Waals surface area contributed by atoms with Crippen molar-refractivity contribution in [1.82, 2.24) is 14.5 Å². The Morgan fingerprint density at radius 1 is 1.33 bits per heavy atom. The SMILES string of the molecule is CN(C)/C=N\c1cc(=O)[nH]c(=O)n1-c1ccc(I)cc1F. The molecule has 0 saturated carbocycles. The summed E-state index contributed by atoms with van der Waals surface area (Å²) in [5, 5.41) is 0. The number of benzene rings is 1. The van der Waals surface area contributed by atoms with E-state index >= 15 is 0 Å². The van der Waals surface area contributed by atoms with Crippen molar-refractivity contribution in [2.75, 3.05) is 14.1 Å². The number of nitrogens with zero attached hydrogens (tertiary/aromatic N) is 3. The second-order valence-electron chi connectivity index (χ2n) is 4.44. The Bertz CT molecular complexity index is 811. The van der Waals surface area contributed by atoms with Gasteiger partial charge in [-0.1, -0.05) is 0 Å². The summed E-state index contributed by atoms with van der Waals surface area (Å²) in [6.45, 7) is 0. The molecule has 2 aromatic rings. The zero-order valence-corrected chi connectivity index (χ0v) is 13.5. The lowest BCUT2D eigenvalue weighted by atomic mass is 10.3. The fraction of sp³-hybridized carbons (Fsp3) is 0.154. The van der Waals surface area contributed by atoms with Gasteiger partial charge in [0.2, 0.25) is 0 Å². The van der Waals surface area contributed by atoms with E-state index in [-0.39, 0.29) is 11.5 Å². The molecule has 0 aliphatic heterocycles. The molecule has 0 spiro atoms. The summed E-state index contributed by atoms with van der Waals surface area (Å²) in [6.07, 6.45) is 1.43. The highest BCUT2D eigenvalue weighted by molar-refractivity contribution is 14.1. The molecule has 1 heterocycles. The van der Waals surface area contributed by atoms with Gasteiger partial charge < -0.3 is 4.90 Å². The molecule has 1 aromatic carbocycles. The van der Waals surface area contributed by atoms with E-state index in [1.54, 1.807) is 25.1 Å². The van der Waals surface area contributed by atoms with Gasteiger partial charge in [-0.2, -0.15) is 0 Å². The molecular formula is C13H12FIN4O2. The van der Waals surface area contributed by atoms with Gasteiger partial charge in [0, 0.05) is 23.7 Å². The summed E-state index contributed by atoms with van der Waals surface area (Å²) in [5.74, 6) is -0.519. The molecule has 0 fully saturated rings. The van der Waals surface area contributed by atoms with Crippen LogP contribution >= 0.6 is 22.6 Å². The van der Waals surface area contributed by atoms with Crippen molar-refractivity contribution in [1.29, 1.82) is 0 Å². The molecule has 0 aliphatic carbocycles. The summed E-state index contributed by atoms with van der Waals surface area (Å²) in [6, 6.07) is 5.56. The highest BCUT2D eigenvalue weighted by Gasteiger charge is 2.12. The van der Waals surface area contributed by atoms with Crippen molar-refractivity contribution in [3.05, 3.63) is 54.5 Å². The van der Waals surface area contributed by atoms with Crippen molar-refractivity contribution < 1.29 is 4.39 Å². The Kier molecular flexibility index (Phi) is 4.56. The van der Waals surface area contributed by atoms with Crippen LogP contribution in [0, 0.1) is 9.39 Å². The number of rotatable bonds is 3. The van der Waals surface area contributed by atoms with Gasteiger partial charge in [-0.25, -0.2) is 18.7 Å². The summed E-state index contributed by atoms with van der Waals surface area (Å²) in [5.41, 5.74) is -1.30. The Balaban J connectivity index is 2.72. The molecule has 0 unspecified atom stereocenters. The third kappa shape index (κ3) is 3.57. The van der Waals surface area contributed by atoms with Crippen LogP contribution in [0.25, 0.3) is 5.69 Å². The Morgan fingerprint density at radius 3 is 2.67 bits per heavy atom. The van der Waals surface area contributed by atoms with Gasteiger partial charge >= 0.3 is 5.69 Å². The molecule has 21 heavy (non-hydrogen) atoms. The molecule has 1 aromatic heterocycles. The average molecular weight is 402 g/mol. The van der Waals surface area contributed by atoms with Gasteiger partial charge in [-0.3, -0.25) is 9.78 Å². The van der Waals surface area contributed by atoms with Crippen LogP contribution in [0.4, 0.5) is 10.2 Å². The monoisotopic (exact) mass is 402 g/mol.